The van der Waals surface area contributed by atoms with Crippen LogP contribution in [0.5, 0.6) is 0 Å². The fraction of sp³-hybridized carbons (Fsp3) is 0.476. The van der Waals surface area contributed by atoms with E-state index in [-0.39, 0.29) is 23.3 Å². The van der Waals surface area contributed by atoms with Gasteiger partial charge in [0.1, 0.15) is 12.7 Å². The largest absolute Gasteiger partial charge is 0.339 e. The number of aromatic nitrogens is 3. The number of amides is 1. The molecule has 0 bridgehead atoms. The quantitative estimate of drug-likeness (QED) is 0.764. The molecule has 5 heteroatoms. The molecule has 1 amide bonds. The van der Waals surface area contributed by atoms with E-state index in [4.69, 9.17) is 0 Å². The summed E-state index contributed by atoms with van der Waals surface area (Å²) in [6.45, 7) is 10.6. The number of allylic oxidation sites excluding steroid dienone is 2. The molecule has 1 aliphatic rings. The number of benzene rings is 1. The van der Waals surface area contributed by atoms with E-state index >= 15 is 0 Å². The van der Waals surface area contributed by atoms with Crippen molar-refractivity contribution in [2.75, 3.05) is 7.05 Å². The Labute approximate surface area is 155 Å². The van der Waals surface area contributed by atoms with Crippen molar-refractivity contribution in [3.8, 4) is 5.69 Å². The highest BCUT2D eigenvalue weighted by Gasteiger charge is 2.61. The highest BCUT2D eigenvalue weighted by molar-refractivity contribution is 5.84. The van der Waals surface area contributed by atoms with Crippen LogP contribution in [-0.4, -0.2) is 32.6 Å². The van der Waals surface area contributed by atoms with Gasteiger partial charge < -0.3 is 4.90 Å². The molecule has 3 unspecified atom stereocenters. The Bertz CT molecular complexity index is 801. The standard InChI is InChI=1S/C21H28N4O/c1-14(2)11-18-19(21(18,4)5)20(26)24(6)15(3)16-7-9-17(10-8-16)25-13-22-12-23-25/h7-13,15,18-19H,1-6H3. The van der Waals surface area contributed by atoms with Crippen molar-refractivity contribution in [2.24, 2.45) is 17.3 Å². The maximum Gasteiger partial charge on any atom is 0.227 e. The predicted octanol–water partition coefficient (Wildman–Crippen LogP) is 4.03. The van der Waals surface area contributed by atoms with E-state index in [1.165, 1.54) is 11.9 Å². The molecule has 26 heavy (non-hydrogen) atoms. The van der Waals surface area contributed by atoms with Gasteiger partial charge in [0.2, 0.25) is 5.91 Å². The van der Waals surface area contributed by atoms with E-state index in [1.54, 1.807) is 11.0 Å². The normalized spacial score (nSPS) is 21.8. The van der Waals surface area contributed by atoms with Crippen LogP contribution in [0.2, 0.25) is 0 Å². The van der Waals surface area contributed by atoms with Crippen molar-refractivity contribution in [1.29, 1.82) is 0 Å². The lowest BCUT2D eigenvalue weighted by molar-refractivity contribution is -0.134. The maximum atomic E-state index is 13.1. The summed E-state index contributed by atoms with van der Waals surface area (Å²) in [6.07, 6.45) is 5.43. The molecule has 0 N–H and O–H groups in total. The summed E-state index contributed by atoms with van der Waals surface area (Å²) in [7, 11) is 1.91. The highest BCUT2D eigenvalue weighted by Crippen LogP contribution is 2.60. The maximum absolute atomic E-state index is 13.1. The number of hydrogen-bond acceptors (Lipinski definition) is 3. The second-order valence-corrected chi connectivity index (χ2v) is 8.13. The predicted molar refractivity (Wildman–Crippen MR) is 103 cm³/mol. The molecular formula is C21H28N4O. The molecule has 5 nitrogen and oxygen atoms in total. The zero-order valence-corrected chi connectivity index (χ0v) is 16.5. The molecule has 138 valence electrons. The molecule has 0 saturated heterocycles. The Morgan fingerprint density at radius 3 is 2.46 bits per heavy atom. The van der Waals surface area contributed by atoms with E-state index in [2.05, 4.69) is 62.9 Å². The molecule has 1 fully saturated rings. The van der Waals surface area contributed by atoms with Gasteiger partial charge in [-0.15, -0.1) is 0 Å². The third-order valence-electron chi connectivity index (χ3n) is 5.68. The molecular weight excluding hydrogens is 324 g/mol. The van der Waals surface area contributed by atoms with Crippen LogP contribution in [0.1, 0.15) is 46.2 Å². The first kappa shape index (κ1) is 18.4. The lowest BCUT2D eigenvalue weighted by Crippen LogP contribution is -2.32. The lowest BCUT2D eigenvalue weighted by atomic mass is 10.0. The lowest BCUT2D eigenvalue weighted by Gasteiger charge is -2.26. The van der Waals surface area contributed by atoms with Crippen molar-refractivity contribution < 1.29 is 4.79 Å². The van der Waals surface area contributed by atoms with E-state index in [0.29, 0.717) is 5.92 Å². The molecule has 3 rings (SSSR count). The summed E-state index contributed by atoms with van der Waals surface area (Å²) in [5.41, 5.74) is 3.39. The summed E-state index contributed by atoms with van der Waals surface area (Å²) >= 11 is 0. The summed E-state index contributed by atoms with van der Waals surface area (Å²) < 4.78 is 1.72. The van der Waals surface area contributed by atoms with Crippen molar-refractivity contribution in [3.05, 3.63) is 54.1 Å². The molecule has 1 aromatic carbocycles. The highest BCUT2D eigenvalue weighted by atomic mass is 16.2. The number of carbonyl (C=O) groups excluding carboxylic acids is 1. The molecule has 1 aromatic heterocycles. The fourth-order valence-corrected chi connectivity index (χ4v) is 3.70. The van der Waals surface area contributed by atoms with Gasteiger partial charge in [0.05, 0.1) is 17.6 Å². The van der Waals surface area contributed by atoms with Gasteiger partial charge >= 0.3 is 0 Å². The Morgan fingerprint density at radius 2 is 1.92 bits per heavy atom. The molecule has 0 radical (unpaired) electrons. The van der Waals surface area contributed by atoms with Gasteiger partial charge in [-0.25, -0.2) is 9.67 Å². The van der Waals surface area contributed by atoms with Crippen LogP contribution in [0.4, 0.5) is 0 Å². The molecule has 1 saturated carbocycles. The van der Waals surface area contributed by atoms with Crippen LogP contribution in [-0.2, 0) is 4.79 Å². The van der Waals surface area contributed by atoms with E-state index in [0.717, 1.165) is 11.3 Å². The summed E-state index contributed by atoms with van der Waals surface area (Å²) in [5, 5.41) is 4.14. The Hall–Kier alpha value is -2.43. The van der Waals surface area contributed by atoms with Gasteiger partial charge in [0, 0.05) is 7.05 Å². The summed E-state index contributed by atoms with van der Waals surface area (Å²) in [6, 6.07) is 8.14. The first-order chi connectivity index (χ1) is 12.2. The van der Waals surface area contributed by atoms with Gasteiger partial charge in [-0.05, 0) is 49.8 Å². The fourth-order valence-electron chi connectivity index (χ4n) is 3.70. The third kappa shape index (κ3) is 3.30. The van der Waals surface area contributed by atoms with Crippen LogP contribution in [0.15, 0.2) is 48.6 Å². The number of hydrogen-bond donors (Lipinski definition) is 0. The van der Waals surface area contributed by atoms with E-state index in [1.807, 2.05) is 24.1 Å². The van der Waals surface area contributed by atoms with Crippen LogP contribution in [0.3, 0.4) is 0 Å². The SMILES string of the molecule is CC(C)=CC1C(C(=O)N(C)C(C)c2ccc(-n3cncn3)cc2)C1(C)C. The zero-order valence-electron chi connectivity index (χ0n) is 16.5. The first-order valence-electron chi connectivity index (χ1n) is 9.10. The van der Waals surface area contributed by atoms with Crippen molar-refractivity contribution >= 4 is 5.91 Å². The minimum Gasteiger partial charge on any atom is -0.339 e. The molecule has 2 aromatic rings. The Kier molecular flexibility index (Phi) is 4.74. The van der Waals surface area contributed by atoms with Gasteiger partial charge in [0.15, 0.2) is 0 Å². The number of carbonyl (C=O) groups is 1. The third-order valence-corrected chi connectivity index (χ3v) is 5.68. The Balaban J connectivity index is 1.72. The van der Waals surface area contributed by atoms with Crippen LogP contribution in [0, 0.1) is 17.3 Å². The van der Waals surface area contributed by atoms with Crippen molar-refractivity contribution in [2.45, 2.75) is 40.7 Å². The molecule has 0 aliphatic heterocycles. The van der Waals surface area contributed by atoms with Crippen LogP contribution >= 0.6 is 0 Å². The monoisotopic (exact) mass is 352 g/mol. The molecule has 0 spiro atoms. The van der Waals surface area contributed by atoms with Crippen molar-refractivity contribution in [1.82, 2.24) is 19.7 Å². The van der Waals surface area contributed by atoms with Crippen LogP contribution in [0.25, 0.3) is 5.69 Å². The summed E-state index contributed by atoms with van der Waals surface area (Å²) in [4.78, 5) is 18.9. The van der Waals surface area contributed by atoms with Crippen LogP contribution < -0.4 is 0 Å². The molecule has 1 heterocycles. The van der Waals surface area contributed by atoms with Gasteiger partial charge in [-0.3, -0.25) is 4.79 Å². The number of rotatable bonds is 5. The van der Waals surface area contributed by atoms with E-state index < -0.39 is 0 Å². The van der Waals surface area contributed by atoms with E-state index in [9.17, 15) is 4.79 Å². The number of nitrogens with zero attached hydrogens (tertiary/aromatic N) is 4. The first-order valence-corrected chi connectivity index (χ1v) is 9.10. The average Bonchev–Trinajstić information content (AvgIpc) is 2.98. The average molecular weight is 352 g/mol. The zero-order chi connectivity index (χ0) is 19.1. The minimum absolute atomic E-state index is 0.0241. The second-order valence-electron chi connectivity index (χ2n) is 8.13. The second kappa shape index (κ2) is 6.71. The smallest absolute Gasteiger partial charge is 0.227 e. The van der Waals surface area contributed by atoms with Gasteiger partial charge in [0.25, 0.3) is 0 Å². The van der Waals surface area contributed by atoms with Gasteiger partial charge in [-0.1, -0.05) is 37.6 Å². The van der Waals surface area contributed by atoms with Gasteiger partial charge in [-0.2, -0.15) is 5.10 Å². The topological polar surface area (TPSA) is 51.0 Å². The van der Waals surface area contributed by atoms with Crippen molar-refractivity contribution in [3.63, 3.8) is 0 Å². The Morgan fingerprint density at radius 1 is 1.27 bits per heavy atom. The molecule has 1 aliphatic carbocycles. The summed E-state index contributed by atoms with van der Waals surface area (Å²) in [5.74, 6) is 0.633. The minimum atomic E-state index is 0.0241. The molecule has 3 atom stereocenters.